The van der Waals surface area contributed by atoms with Crippen molar-refractivity contribution in [2.75, 3.05) is 0 Å². The van der Waals surface area contributed by atoms with Crippen LogP contribution in [0.15, 0.2) is 35.5 Å². The number of hydrogen-bond donors (Lipinski definition) is 0. The predicted octanol–water partition coefficient (Wildman–Crippen LogP) is 2.34. The van der Waals surface area contributed by atoms with Crippen LogP contribution in [-0.2, 0) is 4.79 Å². The molecule has 68 valence electrons. The van der Waals surface area contributed by atoms with E-state index in [9.17, 15) is 9.18 Å². The first kappa shape index (κ1) is 8.53. The fourth-order valence-corrected chi connectivity index (χ4v) is 1.21. The van der Waals surface area contributed by atoms with Gasteiger partial charge in [-0.1, -0.05) is 0 Å². The molecule has 3 nitrogen and oxygen atoms in total. The Labute approximate surface area is 78.9 Å². The Balaban J connectivity index is 2.69. The Morgan fingerprint density at radius 3 is 3.00 bits per heavy atom. The van der Waals surface area contributed by atoms with Gasteiger partial charge in [0, 0.05) is 5.39 Å². The van der Waals surface area contributed by atoms with Crippen LogP contribution in [0.1, 0.15) is 0 Å². The van der Waals surface area contributed by atoms with E-state index >= 15 is 0 Å². The van der Waals surface area contributed by atoms with Gasteiger partial charge in [0.25, 0.3) is 0 Å². The number of carbonyl (C=O) groups excluding carboxylic acids is 1. The summed E-state index contributed by atoms with van der Waals surface area (Å²) in [5.41, 5.74) is 1.11. The zero-order valence-electron chi connectivity index (χ0n) is 7.07. The van der Waals surface area contributed by atoms with Crippen LogP contribution in [0, 0.1) is 5.82 Å². The number of nitrogens with zero attached hydrogens (tertiary/aromatic N) is 2. The highest BCUT2D eigenvalue weighted by molar-refractivity contribution is 5.81. The van der Waals surface area contributed by atoms with Crippen molar-refractivity contribution in [3.63, 3.8) is 0 Å². The number of benzene rings is 1. The highest BCUT2D eigenvalue weighted by atomic mass is 19.1. The number of rotatable bonds is 1. The lowest BCUT2D eigenvalue weighted by Crippen LogP contribution is -1.80. The first-order chi connectivity index (χ1) is 6.79. The van der Waals surface area contributed by atoms with Gasteiger partial charge in [-0.2, -0.15) is 4.99 Å². The molecule has 0 aliphatic rings. The maximum Gasteiger partial charge on any atom is 0.240 e. The zero-order valence-corrected chi connectivity index (χ0v) is 7.07. The van der Waals surface area contributed by atoms with Crippen LogP contribution < -0.4 is 0 Å². The summed E-state index contributed by atoms with van der Waals surface area (Å²) in [5.74, 6) is -0.412. The van der Waals surface area contributed by atoms with Gasteiger partial charge in [-0.3, -0.25) is 4.98 Å². The third kappa shape index (κ3) is 1.51. The van der Waals surface area contributed by atoms with Crippen LogP contribution in [0.25, 0.3) is 10.9 Å². The predicted molar refractivity (Wildman–Crippen MR) is 49.5 cm³/mol. The van der Waals surface area contributed by atoms with E-state index in [2.05, 4.69) is 9.98 Å². The summed E-state index contributed by atoms with van der Waals surface area (Å²) >= 11 is 0. The van der Waals surface area contributed by atoms with Gasteiger partial charge >= 0.3 is 0 Å². The molecule has 0 N–H and O–H groups in total. The molecule has 0 saturated carbocycles. The third-order valence-electron chi connectivity index (χ3n) is 1.81. The molecule has 1 heterocycles. The van der Waals surface area contributed by atoms with Crippen LogP contribution >= 0.6 is 0 Å². The van der Waals surface area contributed by atoms with Gasteiger partial charge in [0.1, 0.15) is 5.82 Å². The van der Waals surface area contributed by atoms with Crippen LogP contribution in [0.2, 0.25) is 0 Å². The molecule has 14 heavy (non-hydrogen) atoms. The highest BCUT2D eigenvalue weighted by Gasteiger charge is 1.98. The molecule has 0 unspecified atom stereocenters. The average molecular weight is 188 g/mol. The Morgan fingerprint density at radius 2 is 2.21 bits per heavy atom. The molecule has 1 aromatic heterocycles. The van der Waals surface area contributed by atoms with Gasteiger partial charge in [-0.05, 0) is 24.3 Å². The molecule has 0 bridgehead atoms. The van der Waals surface area contributed by atoms with Gasteiger partial charge in [0.2, 0.25) is 6.08 Å². The molecule has 4 heteroatoms. The van der Waals surface area contributed by atoms with Gasteiger partial charge in [0.05, 0.1) is 17.4 Å². The molecule has 0 aliphatic carbocycles. The van der Waals surface area contributed by atoms with E-state index < -0.39 is 5.82 Å². The molecule has 0 aliphatic heterocycles. The Kier molecular flexibility index (Phi) is 2.05. The normalized spacial score (nSPS) is 9.79. The molecule has 0 saturated heterocycles. The summed E-state index contributed by atoms with van der Waals surface area (Å²) in [7, 11) is 0. The van der Waals surface area contributed by atoms with Gasteiger partial charge in [-0.15, -0.1) is 0 Å². The molecular formula is C10H5FN2O. The zero-order chi connectivity index (χ0) is 9.97. The van der Waals surface area contributed by atoms with Crippen molar-refractivity contribution < 1.29 is 9.18 Å². The molecule has 0 fully saturated rings. The second kappa shape index (κ2) is 3.36. The van der Waals surface area contributed by atoms with Crippen molar-refractivity contribution in [1.29, 1.82) is 0 Å². The fraction of sp³-hybridized carbons (Fsp3) is 0. The maximum atomic E-state index is 12.8. The van der Waals surface area contributed by atoms with Gasteiger partial charge < -0.3 is 0 Å². The van der Waals surface area contributed by atoms with E-state index in [1.807, 2.05) is 0 Å². The second-order valence-corrected chi connectivity index (χ2v) is 2.73. The van der Waals surface area contributed by atoms with Crippen LogP contribution in [-0.4, -0.2) is 11.1 Å². The van der Waals surface area contributed by atoms with Crippen LogP contribution in [0.4, 0.5) is 10.1 Å². The Morgan fingerprint density at radius 1 is 1.36 bits per heavy atom. The number of halogens is 1. The minimum absolute atomic E-state index is 0.412. The number of aromatic nitrogens is 1. The van der Waals surface area contributed by atoms with E-state index in [-0.39, 0.29) is 0 Å². The van der Waals surface area contributed by atoms with Crippen molar-refractivity contribution in [3.8, 4) is 0 Å². The van der Waals surface area contributed by atoms with Crippen molar-refractivity contribution in [2.45, 2.75) is 0 Å². The first-order valence-corrected chi connectivity index (χ1v) is 3.93. The summed E-state index contributed by atoms with van der Waals surface area (Å²) in [6, 6.07) is 6.21. The number of isocyanates is 1. The number of pyridine rings is 1. The first-order valence-electron chi connectivity index (χ1n) is 3.93. The van der Waals surface area contributed by atoms with Crippen LogP contribution in [0.3, 0.4) is 0 Å². The van der Waals surface area contributed by atoms with Crippen LogP contribution in [0.5, 0.6) is 0 Å². The third-order valence-corrected chi connectivity index (χ3v) is 1.81. The number of hydrogen-bond acceptors (Lipinski definition) is 3. The molecule has 1 aromatic carbocycles. The van der Waals surface area contributed by atoms with Crippen molar-refractivity contribution in [2.24, 2.45) is 4.99 Å². The van der Waals surface area contributed by atoms with Gasteiger partial charge in [0.15, 0.2) is 0 Å². The summed E-state index contributed by atoms with van der Waals surface area (Å²) in [6.45, 7) is 0. The average Bonchev–Trinajstić information content (AvgIpc) is 2.17. The molecule has 0 spiro atoms. The summed E-state index contributed by atoms with van der Waals surface area (Å²) < 4.78 is 12.8. The monoisotopic (exact) mass is 188 g/mol. The van der Waals surface area contributed by atoms with E-state index in [4.69, 9.17) is 0 Å². The largest absolute Gasteiger partial charge is 0.253 e. The second-order valence-electron chi connectivity index (χ2n) is 2.73. The lowest BCUT2D eigenvalue weighted by Gasteiger charge is -1.97. The minimum atomic E-state index is -0.412. The number of fused-ring (bicyclic) bond motifs is 1. The van der Waals surface area contributed by atoms with E-state index in [0.29, 0.717) is 16.6 Å². The molecular weight excluding hydrogens is 183 g/mol. The van der Waals surface area contributed by atoms with Crippen molar-refractivity contribution in [1.82, 2.24) is 4.98 Å². The minimum Gasteiger partial charge on any atom is -0.253 e. The van der Waals surface area contributed by atoms with Gasteiger partial charge in [-0.25, -0.2) is 9.18 Å². The van der Waals surface area contributed by atoms with Crippen molar-refractivity contribution >= 4 is 22.7 Å². The summed E-state index contributed by atoms with van der Waals surface area (Å²) in [5, 5.41) is 0.613. The SMILES string of the molecule is O=C=Nc1ccc2ncc(F)cc2c1. The molecule has 0 radical (unpaired) electrons. The van der Waals surface area contributed by atoms with Crippen molar-refractivity contribution in [3.05, 3.63) is 36.3 Å². The molecule has 0 amide bonds. The topological polar surface area (TPSA) is 42.3 Å². The highest BCUT2D eigenvalue weighted by Crippen LogP contribution is 2.19. The smallest absolute Gasteiger partial charge is 0.240 e. The number of aliphatic imine (C=N–C) groups is 1. The van der Waals surface area contributed by atoms with E-state index in [0.717, 1.165) is 6.20 Å². The van der Waals surface area contributed by atoms with E-state index in [1.54, 1.807) is 18.2 Å². The fourth-order valence-electron chi connectivity index (χ4n) is 1.21. The standard InChI is InChI=1S/C10H5FN2O/c11-8-3-7-4-9(13-6-14)1-2-10(7)12-5-8/h1-5H. The lowest BCUT2D eigenvalue weighted by atomic mass is 10.2. The lowest BCUT2D eigenvalue weighted by molar-refractivity contribution is 0.565. The Bertz CT molecular complexity index is 533. The Hall–Kier alpha value is -2.06. The quantitative estimate of drug-likeness (QED) is 0.509. The van der Waals surface area contributed by atoms with E-state index in [1.165, 1.54) is 12.1 Å². The summed E-state index contributed by atoms with van der Waals surface area (Å²) in [4.78, 5) is 17.3. The molecule has 2 aromatic rings. The molecule has 2 rings (SSSR count). The maximum absolute atomic E-state index is 12.8. The molecule has 0 atom stereocenters. The summed E-state index contributed by atoms with van der Waals surface area (Å²) in [6.07, 6.45) is 2.57.